The van der Waals surface area contributed by atoms with E-state index in [0.29, 0.717) is 12.3 Å². The third-order valence-electron chi connectivity index (χ3n) is 4.05. The summed E-state index contributed by atoms with van der Waals surface area (Å²) in [6.07, 6.45) is 1.54. The zero-order valence-corrected chi connectivity index (χ0v) is 16.7. The van der Waals surface area contributed by atoms with Crippen LogP contribution in [0, 0.1) is 6.92 Å². The first-order chi connectivity index (χ1) is 12.9. The monoisotopic (exact) mass is 390 g/mol. The molecule has 2 aromatic carbocycles. The van der Waals surface area contributed by atoms with Crippen LogP contribution in [-0.4, -0.2) is 27.5 Å². The minimum Gasteiger partial charge on any atom is -0.484 e. The van der Waals surface area contributed by atoms with Crippen molar-refractivity contribution >= 4 is 21.6 Å². The zero-order valence-electron chi connectivity index (χ0n) is 15.9. The highest BCUT2D eigenvalue weighted by Crippen LogP contribution is 2.21. The molecule has 0 unspecified atom stereocenters. The van der Waals surface area contributed by atoms with E-state index < -0.39 is 10.0 Å². The Balaban J connectivity index is 1.96. The van der Waals surface area contributed by atoms with E-state index in [-0.39, 0.29) is 17.4 Å². The lowest BCUT2D eigenvalue weighted by atomic mass is 10.1. The quantitative estimate of drug-likeness (QED) is 0.688. The normalized spacial score (nSPS) is 11.2. The SMILES string of the molecule is CCCNS(=O)(=O)c1ccc(OCC(=O)Nc2c(C)cccc2CC)cc1. The molecule has 2 aromatic rings. The maximum absolute atomic E-state index is 12.2. The third-order valence-corrected chi connectivity index (χ3v) is 5.53. The molecule has 0 aromatic heterocycles. The van der Waals surface area contributed by atoms with E-state index in [2.05, 4.69) is 10.0 Å². The molecule has 0 radical (unpaired) electrons. The number of amides is 1. The van der Waals surface area contributed by atoms with Gasteiger partial charge in [-0.3, -0.25) is 4.79 Å². The highest BCUT2D eigenvalue weighted by atomic mass is 32.2. The van der Waals surface area contributed by atoms with Gasteiger partial charge in [-0.2, -0.15) is 0 Å². The number of ether oxygens (including phenoxy) is 1. The van der Waals surface area contributed by atoms with Crippen molar-refractivity contribution in [3.8, 4) is 5.75 Å². The van der Waals surface area contributed by atoms with Gasteiger partial charge in [0.15, 0.2) is 6.61 Å². The van der Waals surface area contributed by atoms with Gasteiger partial charge in [-0.1, -0.05) is 32.0 Å². The maximum atomic E-state index is 12.2. The number of nitrogens with one attached hydrogen (secondary N) is 2. The number of anilines is 1. The molecule has 7 heteroatoms. The number of rotatable bonds is 9. The Hall–Kier alpha value is -2.38. The van der Waals surface area contributed by atoms with Crippen molar-refractivity contribution in [2.45, 2.75) is 38.5 Å². The van der Waals surface area contributed by atoms with Gasteiger partial charge in [0.25, 0.3) is 5.91 Å². The fraction of sp³-hybridized carbons (Fsp3) is 0.350. The molecule has 0 saturated heterocycles. The average Bonchev–Trinajstić information content (AvgIpc) is 2.66. The smallest absolute Gasteiger partial charge is 0.262 e. The molecule has 0 bridgehead atoms. The van der Waals surface area contributed by atoms with E-state index in [1.807, 2.05) is 39.0 Å². The minimum absolute atomic E-state index is 0.155. The molecule has 2 rings (SSSR count). The summed E-state index contributed by atoms with van der Waals surface area (Å²) in [6, 6.07) is 11.9. The maximum Gasteiger partial charge on any atom is 0.262 e. The van der Waals surface area contributed by atoms with Crippen LogP contribution in [0.1, 0.15) is 31.4 Å². The molecule has 0 spiro atoms. The topological polar surface area (TPSA) is 84.5 Å². The molecule has 146 valence electrons. The second kappa shape index (κ2) is 9.53. The summed E-state index contributed by atoms with van der Waals surface area (Å²) in [7, 11) is -3.51. The molecule has 0 saturated carbocycles. The summed E-state index contributed by atoms with van der Waals surface area (Å²) >= 11 is 0. The molecule has 0 aliphatic carbocycles. The second-order valence-electron chi connectivity index (χ2n) is 6.17. The van der Waals surface area contributed by atoms with Crippen molar-refractivity contribution in [1.82, 2.24) is 4.72 Å². The highest BCUT2D eigenvalue weighted by molar-refractivity contribution is 7.89. The van der Waals surface area contributed by atoms with E-state index in [1.165, 1.54) is 12.1 Å². The van der Waals surface area contributed by atoms with Gasteiger partial charge in [0.05, 0.1) is 4.90 Å². The lowest BCUT2D eigenvalue weighted by Crippen LogP contribution is -2.24. The molecule has 0 fully saturated rings. The standard InChI is InChI=1S/C20H26N2O4S/c1-4-13-21-27(24,25)18-11-9-17(10-12-18)26-14-19(23)22-20-15(3)7-6-8-16(20)5-2/h6-12,21H,4-5,13-14H2,1-3H3,(H,22,23). The number of benzene rings is 2. The van der Waals surface area contributed by atoms with Crippen molar-refractivity contribution < 1.29 is 17.9 Å². The molecular formula is C20H26N2O4S. The Bertz CT molecular complexity index is 877. The molecule has 0 aliphatic heterocycles. The predicted molar refractivity (Wildman–Crippen MR) is 107 cm³/mol. The fourth-order valence-electron chi connectivity index (χ4n) is 2.56. The van der Waals surface area contributed by atoms with Gasteiger partial charge >= 0.3 is 0 Å². The second-order valence-corrected chi connectivity index (χ2v) is 7.94. The van der Waals surface area contributed by atoms with Gasteiger partial charge in [-0.15, -0.1) is 0 Å². The van der Waals surface area contributed by atoms with Crippen molar-refractivity contribution in [2.75, 3.05) is 18.5 Å². The van der Waals surface area contributed by atoms with E-state index >= 15 is 0 Å². The van der Waals surface area contributed by atoms with Crippen LogP contribution in [0.4, 0.5) is 5.69 Å². The molecule has 0 heterocycles. The Labute approximate surface area is 161 Å². The van der Waals surface area contributed by atoms with Gasteiger partial charge < -0.3 is 10.1 Å². The number of sulfonamides is 1. The lowest BCUT2D eigenvalue weighted by molar-refractivity contribution is -0.118. The molecular weight excluding hydrogens is 364 g/mol. The van der Waals surface area contributed by atoms with Crippen LogP contribution in [-0.2, 0) is 21.2 Å². The summed E-state index contributed by atoms with van der Waals surface area (Å²) in [4.78, 5) is 12.4. The van der Waals surface area contributed by atoms with Crippen molar-refractivity contribution in [1.29, 1.82) is 0 Å². The van der Waals surface area contributed by atoms with Crippen LogP contribution < -0.4 is 14.8 Å². The Morgan fingerprint density at radius 2 is 1.78 bits per heavy atom. The predicted octanol–water partition coefficient (Wildman–Crippen LogP) is 3.26. The highest BCUT2D eigenvalue weighted by Gasteiger charge is 2.13. The van der Waals surface area contributed by atoms with Gasteiger partial charge in [0, 0.05) is 12.2 Å². The number of hydrogen-bond donors (Lipinski definition) is 2. The molecule has 27 heavy (non-hydrogen) atoms. The first-order valence-electron chi connectivity index (χ1n) is 8.98. The number of carbonyl (C=O) groups is 1. The summed E-state index contributed by atoms with van der Waals surface area (Å²) in [5.74, 6) is 0.167. The third kappa shape index (κ3) is 5.80. The van der Waals surface area contributed by atoms with Crippen LogP contribution >= 0.6 is 0 Å². The van der Waals surface area contributed by atoms with Crippen LogP contribution in [0.3, 0.4) is 0 Å². The first-order valence-corrected chi connectivity index (χ1v) is 10.5. The van der Waals surface area contributed by atoms with Crippen molar-refractivity contribution in [3.63, 3.8) is 0 Å². The lowest BCUT2D eigenvalue weighted by Gasteiger charge is -2.13. The fourth-order valence-corrected chi connectivity index (χ4v) is 3.70. The molecule has 0 aliphatic rings. The van der Waals surface area contributed by atoms with Crippen molar-refractivity contribution in [2.24, 2.45) is 0 Å². The average molecular weight is 391 g/mol. The van der Waals surface area contributed by atoms with Gasteiger partial charge in [-0.25, -0.2) is 13.1 Å². The Morgan fingerprint density at radius 3 is 2.41 bits per heavy atom. The minimum atomic E-state index is -3.51. The number of para-hydroxylation sites is 1. The van der Waals surface area contributed by atoms with E-state index in [9.17, 15) is 13.2 Å². The van der Waals surface area contributed by atoms with Crippen LogP contribution in [0.15, 0.2) is 47.4 Å². The van der Waals surface area contributed by atoms with Gasteiger partial charge in [0.2, 0.25) is 10.0 Å². The number of carbonyl (C=O) groups excluding carboxylic acids is 1. The first kappa shape index (κ1) is 20.9. The summed E-state index contributed by atoms with van der Waals surface area (Å²) < 4.78 is 32.1. The molecule has 6 nitrogen and oxygen atoms in total. The molecule has 2 N–H and O–H groups in total. The molecule has 1 amide bonds. The largest absolute Gasteiger partial charge is 0.484 e. The van der Waals surface area contributed by atoms with Crippen LogP contribution in [0.2, 0.25) is 0 Å². The van der Waals surface area contributed by atoms with E-state index in [1.54, 1.807) is 12.1 Å². The van der Waals surface area contributed by atoms with Crippen molar-refractivity contribution in [3.05, 3.63) is 53.6 Å². The van der Waals surface area contributed by atoms with Gasteiger partial charge in [0.1, 0.15) is 5.75 Å². The van der Waals surface area contributed by atoms with Crippen LogP contribution in [0.25, 0.3) is 0 Å². The Kier molecular flexibility index (Phi) is 7.38. The van der Waals surface area contributed by atoms with E-state index in [4.69, 9.17) is 4.74 Å². The molecule has 0 atom stereocenters. The number of aryl methyl sites for hydroxylation is 2. The summed E-state index contributed by atoms with van der Waals surface area (Å²) in [5.41, 5.74) is 2.88. The number of hydrogen-bond acceptors (Lipinski definition) is 4. The Morgan fingerprint density at radius 1 is 1.07 bits per heavy atom. The summed E-state index contributed by atoms with van der Waals surface area (Å²) in [6.45, 7) is 6.11. The summed E-state index contributed by atoms with van der Waals surface area (Å²) in [5, 5.41) is 2.89. The van der Waals surface area contributed by atoms with Crippen LogP contribution in [0.5, 0.6) is 5.75 Å². The van der Waals surface area contributed by atoms with E-state index in [0.717, 1.165) is 29.7 Å². The zero-order chi connectivity index (χ0) is 19.9. The van der Waals surface area contributed by atoms with Gasteiger partial charge in [-0.05, 0) is 55.2 Å².